The van der Waals surface area contributed by atoms with Crippen molar-refractivity contribution in [3.8, 4) is 0 Å². The van der Waals surface area contributed by atoms with E-state index in [0.29, 0.717) is 24.6 Å². The molecule has 4 nitrogen and oxygen atoms in total. The Labute approximate surface area is 129 Å². The Kier molecular flexibility index (Phi) is 6.04. The van der Waals surface area contributed by atoms with Gasteiger partial charge in [0.25, 0.3) is 0 Å². The third-order valence-electron chi connectivity index (χ3n) is 3.47. The Morgan fingerprint density at radius 3 is 2.90 bits per heavy atom. The first-order valence-electron chi connectivity index (χ1n) is 7.09. The predicted molar refractivity (Wildman–Crippen MR) is 84.4 cm³/mol. The molecule has 2 N–H and O–H groups in total. The van der Waals surface area contributed by atoms with Gasteiger partial charge < -0.3 is 5.32 Å². The van der Waals surface area contributed by atoms with Crippen LogP contribution in [0.15, 0.2) is 23.1 Å². The lowest BCUT2D eigenvalue weighted by molar-refractivity contribution is 0.542. The van der Waals surface area contributed by atoms with Gasteiger partial charge >= 0.3 is 0 Å². The third-order valence-corrected chi connectivity index (χ3v) is 6.21. The van der Waals surface area contributed by atoms with E-state index in [9.17, 15) is 12.8 Å². The molecule has 0 amide bonds. The van der Waals surface area contributed by atoms with E-state index in [-0.39, 0.29) is 4.90 Å². The molecule has 1 fully saturated rings. The van der Waals surface area contributed by atoms with Gasteiger partial charge in [-0.2, -0.15) is 11.8 Å². The van der Waals surface area contributed by atoms with E-state index in [4.69, 9.17) is 0 Å². The molecule has 21 heavy (non-hydrogen) atoms. The Balaban J connectivity index is 2.14. The summed E-state index contributed by atoms with van der Waals surface area (Å²) in [5.74, 6) is 1.90. The van der Waals surface area contributed by atoms with Crippen molar-refractivity contribution in [3.63, 3.8) is 0 Å². The average molecular weight is 332 g/mol. The lowest BCUT2D eigenvalue weighted by Gasteiger charge is -2.14. The number of benzene rings is 1. The third kappa shape index (κ3) is 4.67. The molecule has 0 radical (unpaired) electrons. The minimum Gasteiger partial charge on any atom is -0.313 e. The Bertz CT molecular complexity index is 572. The first kappa shape index (κ1) is 16.7. The van der Waals surface area contributed by atoms with Crippen molar-refractivity contribution in [3.05, 3.63) is 29.6 Å². The molecule has 1 aromatic rings. The maximum absolute atomic E-state index is 13.4. The fourth-order valence-corrected chi connectivity index (χ4v) is 4.88. The maximum atomic E-state index is 13.4. The molecular formula is C14H21FN2O2S2. The van der Waals surface area contributed by atoms with E-state index in [2.05, 4.69) is 10.0 Å². The second kappa shape index (κ2) is 7.58. The molecule has 1 unspecified atom stereocenters. The summed E-state index contributed by atoms with van der Waals surface area (Å²) < 4.78 is 40.9. The number of rotatable bonds is 7. The molecule has 2 rings (SSSR count). The van der Waals surface area contributed by atoms with Crippen LogP contribution in [0.4, 0.5) is 4.39 Å². The van der Waals surface area contributed by atoms with Crippen LogP contribution in [-0.4, -0.2) is 33.0 Å². The lowest BCUT2D eigenvalue weighted by Crippen LogP contribution is -2.30. The number of thioether (sulfide) groups is 1. The van der Waals surface area contributed by atoms with Crippen LogP contribution < -0.4 is 10.0 Å². The fraction of sp³-hybridized carbons (Fsp3) is 0.571. The molecule has 1 heterocycles. The minimum absolute atomic E-state index is 0.0362. The summed E-state index contributed by atoms with van der Waals surface area (Å²) in [6, 6.07) is 3.91. The monoisotopic (exact) mass is 332 g/mol. The standard InChI is InChI=1S/C14H21FN2O2S2/c1-2-16-9-12-3-4-13(15)7-14(12)21(18,19)17-8-11-5-6-20-10-11/h3-4,7,11,16-17H,2,5-6,8-10H2,1H3. The quantitative estimate of drug-likeness (QED) is 0.801. The molecule has 0 spiro atoms. The average Bonchev–Trinajstić information content (AvgIpc) is 2.97. The molecule has 0 saturated carbocycles. The second-order valence-electron chi connectivity index (χ2n) is 5.11. The number of hydrogen-bond acceptors (Lipinski definition) is 4. The van der Waals surface area contributed by atoms with E-state index in [0.717, 1.165) is 30.5 Å². The van der Waals surface area contributed by atoms with Gasteiger partial charge in [0.15, 0.2) is 0 Å². The van der Waals surface area contributed by atoms with Gasteiger partial charge in [0.1, 0.15) is 5.82 Å². The summed E-state index contributed by atoms with van der Waals surface area (Å²) in [5, 5.41) is 3.08. The van der Waals surface area contributed by atoms with Gasteiger partial charge in [0.05, 0.1) is 4.90 Å². The van der Waals surface area contributed by atoms with Crippen molar-refractivity contribution in [2.24, 2.45) is 5.92 Å². The highest BCUT2D eigenvalue weighted by molar-refractivity contribution is 7.99. The van der Waals surface area contributed by atoms with E-state index in [1.165, 1.54) is 12.1 Å². The van der Waals surface area contributed by atoms with Crippen LogP contribution in [0.1, 0.15) is 18.9 Å². The van der Waals surface area contributed by atoms with Crippen molar-refractivity contribution < 1.29 is 12.8 Å². The predicted octanol–water partition coefficient (Wildman–Crippen LogP) is 1.97. The Morgan fingerprint density at radius 1 is 1.43 bits per heavy atom. The van der Waals surface area contributed by atoms with Crippen molar-refractivity contribution in [1.29, 1.82) is 0 Å². The Morgan fingerprint density at radius 2 is 2.24 bits per heavy atom. The van der Waals surface area contributed by atoms with Gasteiger partial charge in [0.2, 0.25) is 10.0 Å². The largest absolute Gasteiger partial charge is 0.313 e. The van der Waals surface area contributed by atoms with Gasteiger partial charge in [-0.15, -0.1) is 0 Å². The number of halogens is 1. The first-order chi connectivity index (χ1) is 10.0. The van der Waals surface area contributed by atoms with Crippen LogP contribution in [0, 0.1) is 11.7 Å². The minimum atomic E-state index is -3.67. The van der Waals surface area contributed by atoms with Crippen molar-refractivity contribution >= 4 is 21.8 Å². The van der Waals surface area contributed by atoms with Crippen LogP contribution in [0.3, 0.4) is 0 Å². The first-order valence-corrected chi connectivity index (χ1v) is 9.73. The van der Waals surface area contributed by atoms with Crippen LogP contribution >= 0.6 is 11.8 Å². The number of nitrogens with one attached hydrogen (secondary N) is 2. The zero-order valence-corrected chi connectivity index (χ0v) is 13.7. The molecule has 7 heteroatoms. The summed E-state index contributed by atoms with van der Waals surface area (Å²) in [6.45, 7) is 3.50. The topological polar surface area (TPSA) is 58.2 Å². The van der Waals surface area contributed by atoms with Gasteiger partial charge in [0, 0.05) is 13.1 Å². The second-order valence-corrected chi connectivity index (χ2v) is 8.00. The summed E-state index contributed by atoms with van der Waals surface area (Å²) in [7, 11) is -3.67. The summed E-state index contributed by atoms with van der Waals surface area (Å²) in [6.07, 6.45) is 1.03. The molecule has 1 aliphatic rings. The SMILES string of the molecule is CCNCc1ccc(F)cc1S(=O)(=O)NCC1CCSC1. The molecule has 0 bridgehead atoms. The van der Waals surface area contributed by atoms with E-state index < -0.39 is 15.8 Å². The maximum Gasteiger partial charge on any atom is 0.241 e. The zero-order valence-electron chi connectivity index (χ0n) is 12.1. The van der Waals surface area contributed by atoms with Gasteiger partial charge in [-0.1, -0.05) is 13.0 Å². The molecule has 0 aliphatic carbocycles. The fourth-order valence-electron chi connectivity index (χ4n) is 2.23. The van der Waals surface area contributed by atoms with Crippen molar-refractivity contribution in [1.82, 2.24) is 10.0 Å². The van der Waals surface area contributed by atoms with Gasteiger partial charge in [-0.3, -0.25) is 0 Å². The molecular weight excluding hydrogens is 311 g/mol. The van der Waals surface area contributed by atoms with Gasteiger partial charge in [-0.05, 0) is 48.1 Å². The normalized spacial score (nSPS) is 19.0. The zero-order chi connectivity index (χ0) is 15.3. The van der Waals surface area contributed by atoms with Gasteiger partial charge in [-0.25, -0.2) is 17.5 Å². The number of hydrogen-bond donors (Lipinski definition) is 2. The molecule has 1 aromatic carbocycles. The van der Waals surface area contributed by atoms with E-state index in [1.54, 1.807) is 0 Å². The van der Waals surface area contributed by atoms with Crippen LogP contribution in [0.5, 0.6) is 0 Å². The summed E-state index contributed by atoms with van der Waals surface area (Å²) >= 11 is 1.84. The smallest absolute Gasteiger partial charge is 0.241 e. The van der Waals surface area contributed by atoms with E-state index in [1.807, 2.05) is 18.7 Å². The molecule has 118 valence electrons. The van der Waals surface area contributed by atoms with Crippen LogP contribution in [0.2, 0.25) is 0 Å². The molecule has 1 atom stereocenters. The van der Waals surface area contributed by atoms with Crippen LogP contribution in [0.25, 0.3) is 0 Å². The van der Waals surface area contributed by atoms with Crippen molar-refractivity contribution in [2.75, 3.05) is 24.6 Å². The highest BCUT2D eigenvalue weighted by atomic mass is 32.2. The lowest BCUT2D eigenvalue weighted by atomic mass is 10.1. The molecule has 0 aromatic heterocycles. The van der Waals surface area contributed by atoms with Crippen molar-refractivity contribution in [2.45, 2.75) is 24.8 Å². The number of sulfonamides is 1. The van der Waals surface area contributed by atoms with Crippen LogP contribution in [-0.2, 0) is 16.6 Å². The molecule has 1 saturated heterocycles. The summed E-state index contributed by atoms with van der Waals surface area (Å²) in [5.41, 5.74) is 0.589. The summed E-state index contributed by atoms with van der Waals surface area (Å²) in [4.78, 5) is 0.0362. The Hall–Kier alpha value is -0.630. The molecule has 1 aliphatic heterocycles. The highest BCUT2D eigenvalue weighted by Gasteiger charge is 2.22. The highest BCUT2D eigenvalue weighted by Crippen LogP contribution is 2.23. The van der Waals surface area contributed by atoms with E-state index >= 15 is 0 Å².